The summed E-state index contributed by atoms with van der Waals surface area (Å²) in [5.41, 5.74) is 1.24. The molecule has 0 aromatic heterocycles. The van der Waals surface area contributed by atoms with Crippen molar-refractivity contribution in [3.63, 3.8) is 0 Å². The smallest absolute Gasteiger partial charge is 0.135 e. The van der Waals surface area contributed by atoms with E-state index < -0.39 is 0 Å². The van der Waals surface area contributed by atoms with Crippen LogP contribution in [-0.2, 0) is 0 Å². The van der Waals surface area contributed by atoms with Crippen LogP contribution in [0.3, 0.4) is 0 Å². The first-order valence-corrected chi connectivity index (χ1v) is 9.22. The number of hydrogen-bond donors (Lipinski definition) is 0. The molecule has 1 heteroatoms. The fraction of sp³-hybridized carbons (Fsp3) is 0.455. The average Bonchev–Trinajstić information content (AvgIpc) is 2.59. The molecule has 4 fully saturated rings. The molecule has 0 radical (unpaired) electrons. The molecule has 1 nitrogen and oxygen atoms in total. The summed E-state index contributed by atoms with van der Waals surface area (Å²) in [6, 6.07) is 13.1. The molecule has 1 spiro atoms. The van der Waals surface area contributed by atoms with Gasteiger partial charge in [-0.25, -0.2) is 0 Å². The van der Waals surface area contributed by atoms with Crippen molar-refractivity contribution < 1.29 is 4.74 Å². The Balaban J connectivity index is 1.52. The quantitative estimate of drug-likeness (QED) is 0.629. The van der Waals surface area contributed by atoms with Crippen LogP contribution < -0.4 is 4.74 Å². The Labute approximate surface area is 137 Å². The van der Waals surface area contributed by atoms with Crippen LogP contribution in [0.25, 0.3) is 16.8 Å². The Morgan fingerprint density at radius 2 is 1.57 bits per heavy atom. The molecule has 4 bridgehead atoms. The fourth-order valence-electron chi connectivity index (χ4n) is 6.30. The summed E-state index contributed by atoms with van der Waals surface area (Å²) in [4.78, 5) is 0. The molecule has 2 aromatic carbocycles. The molecule has 7 rings (SSSR count). The van der Waals surface area contributed by atoms with Gasteiger partial charge in [0.1, 0.15) is 11.4 Å². The number of rotatable bonds is 0. The highest BCUT2D eigenvalue weighted by Gasteiger charge is 2.58. The van der Waals surface area contributed by atoms with Crippen molar-refractivity contribution in [3.8, 4) is 5.75 Å². The molecule has 1 heterocycles. The van der Waals surface area contributed by atoms with Gasteiger partial charge in [-0.3, -0.25) is 0 Å². The van der Waals surface area contributed by atoms with Crippen LogP contribution in [0.4, 0.5) is 0 Å². The van der Waals surface area contributed by atoms with E-state index in [4.69, 9.17) is 4.74 Å². The second-order valence-electron chi connectivity index (χ2n) is 8.30. The lowest BCUT2D eigenvalue weighted by Gasteiger charge is -2.60. The predicted molar refractivity (Wildman–Crippen MR) is 93.4 cm³/mol. The standard InChI is InChI=1S/C22H22O/c1-2-4-20-16(3-1)5-6-17-7-8-22(23-21(17)20)18-10-14-9-15(12-18)13-19(22)11-14/h1-8,14-15,18-19H,9-13H2. The van der Waals surface area contributed by atoms with Crippen molar-refractivity contribution in [1.82, 2.24) is 0 Å². The van der Waals surface area contributed by atoms with Crippen LogP contribution in [0.5, 0.6) is 5.75 Å². The number of ether oxygens (including phenoxy) is 1. The van der Waals surface area contributed by atoms with Gasteiger partial charge >= 0.3 is 0 Å². The van der Waals surface area contributed by atoms with E-state index in [-0.39, 0.29) is 5.60 Å². The third kappa shape index (κ3) is 1.58. The van der Waals surface area contributed by atoms with Crippen molar-refractivity contribution in [3.05, 3.63) is 48.0 Å². The highest BCUT2D eigenvalue weighted by atomic mass is 16.5. The summed E-state index contributed by atoms with van der Waals surface area (Å²) in [5, 5.41) is 2.57. The summed E-state index contributed by atoms with van der Waals surface area (Å²) >= 11 is 0. The molecule has 0 amide bonds. The summed E-state index contributed by atoms with van der Waals surface area (Å²) < 4.78 is 6.92. The van der Waals surface area contributed by atoms with Gasteiger partial charge in [-0.15, -0.1) is 0 Å². The lowest BCUT2D eigenvalue weighted by atomic mass is 9.49. The second-order valence-corrected chi connectivity index (χ2v) is 8.30. The van der Waals surface area contributed by atoms with Crippen LogP contribution in [0, 0.1) is 23.7 Å². The molecule has 1 aliphatic heterocycles. The Morgan fingerprint density at radius 1 is 0.826 bits per heavy atom. The minimum absolute atomic E-state index is 0.00938. The first-order chi connectivity index (χ1) is 11.3. The molecule has 0 unspecified atom stereocenters. The van der Waals surface area contributed by atoms with Gasteiger partial charge in [0.05, 0.1) is 0 Å². The summed E-state index contributed by atoms with van der Waals surface area (Å²) in [7, 11) is 0. The van der Waals surface area contributed by atoms with Crippen LogP contribution in [0.2, 0.25) is 0 Å². The van der Waals surface area contributed by atoms with Crippen molar-refractivity contribution in [2.75, 3.05) is 0 Å². The van der Waals surface area contributed by atoms with Crippen molar-refractivity contribution in [2.45, 2.75) is 37.7 Å². The van der Waals surface area contributed by atoms with Crippen LogP contribution in [0.1, 0.15) is 37.7 Å². The number of hydrogen-bond acceptors (Lipinski definition) is 1. The first-order valence-electron chi connectivity index (χ1n) is 9.22. The minimum atomic E-state index is -0.00938. The second kappa shape index (κ2) is 4.20. The lowest BCUT2D eigenvalue weighted by molar-refractivity contribution is -0.127. The van der Waals surface area contributed by atoms with E-state index in [2.05, 4.69) is 48.6 Å². The Bertz CT molecular complexity index is 803. The van der Waals surface area contributed by atoms with E-state index >= 15 is 0 Å². The van der Waals surface area contributed by atoms with E-state index in [1.54, 1.807) is 0 Å². The monoisotopic (exact) mass is 302 g/mol. The normalized spacial score (nSPS) is 39.7. The fourth-order valence-corrected chi connectivity index (χ4v) is 6.30. The SMILES string of the molecule is C1=CC2(Oc3c1ccc1ccccc31)C1CC3CC(C1)CC2C3. The van der Waals surface area contributed by atoms with E-state index in [1.165, 1.54) is 48.4 Å². The number of benzene rings is 2. The van der Waals surface area contributed by atoms with Gasteiger partial charge < -0.3 is 4.74 Å². The summed E-state index contributed by atoms with van der Waals surface area (Å²) in [6.45, 7) is 0. The third-order valence-corrected chi connectivity index (χ3v) is 7.13. The third-order valence-electron chi connectivity index (χ3n) is 7.13. The molecule has 0 atom stereocenters. The average molecular weight is 302 g/mol. The van der Waals surface area contributed by atoms with E-state index in [1.807, 2.05) is 0 Å². The van der Waals surface area contributed by atoms with Crippen molar-refractivity contribution in [2.24, 2.45) is 23.7 Å². The van der Waals surface area contributed by atoms with Crippen molar-refractivity contribution >= 4 is 16.8 Å². The minimum Gasteiger partial charge on any atom is -0.481 e. The molecule has 4 aliphatic carbocycles. The van der Waals surface area contributed by atoms with Crippen LogP contribution in [0.15, 0.2) is 42.5 Å². The molecular weight excluding hydrogens is 280 g/mol. The largest absolute Gasteiger partial charge is 0.481 e. The maximum absolute atomic E-state index is 6.92. The maximum atomic E-state index is 6.92. The molecule has 5 aliphatic rings. The van der Waals surface area contributed by atoms with Gasteiger partial charge in [-0.2, -0.15) is 0 Å². The summed E-state index contributed by atoms with van der Waals surface area (Å²) in [5.74, 6) is 4.57. The highest BCUT2D eigenvalue weighted by molar-refractivity contribution is 5.92. The molecule has 23 heavy (non-hydrogen) atoms. The predicted octanol–water partition coefficient (Wildman–Crippen LogP) is 5.44. The zero-order chi connectivity index (χ0) is 15.0. The van der Waals surface area contributed by atoms with Gasteiger partial charge in [-0.1, -0.05) is 42.5 Å². The Kier molecular flexibility index (Phi) is 2.31. The lowest BCUT2D eigenvalue weighted by Crippen LogP contribution is -2.60. The van der Waals surface area contributed by atoms with Gasteiger partial charge in [0, 0.05) is 22.8 Å². The first kappa shape index (κ1) is 12.6. The zero-order valence-corrected chi connectivity index (χ0v) is 13.4. The molecule has 4 saturated carbocycles. The Morgan fingerprint density at radius 3 is 2.35 bits per heavy atom. The van der Waals surface area contributed by atoms with Gasteiger partial charge in [0.2, 0.25) is 0 Å². The van der Waals surface area contributed by atoms with E-state index in [9.17, 15) is 0 Å². The molecular formula is C22H22O. The molecule has 2 aromatic rings. The highest BCUT2D eigenvalue weighted by Crippen LogP contribution is 2.61. The van der Waals surface area contributed by atoms with Gasteiger partial charge in [-0.05, 0) is 55.4 Å². The summed E-state index contributed by atoms with van der Waals surface area (Å²) in [6.07, 6.45) is 11.8. The van der Waals surface area contributed by atoms with Gasteiger partial charge in [0.15, 0.2) is 0 Å². The topological polar surface area (TPSA) is 9.23 Å². The molecule has 116 valence electrons. The maximum Gasteiger partial charge on any atom is 0.135 e. The van der Waals surface area contributed by atoms with Crippen LogP contribution >= 0.6 is 0 Å². The number of fused-ring (bicyclic) bond motifs is 3. The zero-order valence-electron chi connectivity index (χ0n) is 13.4. The molecule has 0 N–H and O–H groups in total. The van der Waals surface area contributed by atoms with Crippen LogP contribution in [-0.4, -0.2) is 5.60 Å². The molecule has 0 saturated heterocycles. The Hall–Kier alpha value is -1.76. The van der Waals surface area contributed by atoms with Gasteiger partial charge in [0.25, 0.3) is 0 Å². The van der Waals surface area contributed by atoms with Crippen molar-refractivity contribution in [1.29, 1.82) is 0 Å². The van der Waals surface area contributed by atoms with E-state index in [0.29, 0.717) is 0 Å². The van der Waals surface area contributed by atoms with E-state index in [0.717, 1.165) is 29.4 Å².